The summed E-state index contributed by atoms with van der Waals surface area (Å²) in [6.45, 7) is 8.05. The number of hydrazine groups is 1. The number of carbonyl (C=O) groups is 2. The molecule has 154 valence electrons. The fourth-order valence-electron chi connectivity index (χ4n) is 2.42. The van der Waals surface area contributed by atoms with Gasteiger partial charge in [0.05, 0.1) is 11.6 Å². The molecule has 0 spiro atoms. The Balaban J connectivity index is 2.07. The highest BCUT2D eigenvalue weighted by Gasteiger charge is 2.28. The lowest BCUT2D eigenvalue weighted by Crippen LogP contribution is -2.30. The number of amides is 1. The van der Waals surface area contributed by atoms with E-state index in [4.69, 9.17) is 10.6 Å². The van der Waals surface area contributed by atoms with E-state index >= 15 is 0 Å². The Bertz CT molecular complexity index is 888. The number of aliphatic imine (C=N–C) groups is 1. The highest BCUT2D eigenvalue weighted by atomic mass is 16.5. The number of esters is 1. The minimum Gasteiger partial charge on any atom is -0.426 e. The largest absolute Gasteiger partial charge is 0.426 e. The molecule has 0 radical (unpaired) electrons. The highest BCUT2D eigenvalue weighted by Crippen LogP contribution is 2.28. The maximum absolute atomic E-state index is 12.5. The van der Waals surface area contributed by atoms with Gasteiger partial charge in [0.2, 0.25) is 0 Å². The Morgan fingerprint density at radius 1 is 1.17 bits per heavy atom. The zero-order chi connectivity index (χ0) is 21.4. The molecule has 0 aromatic heterocycles. The Hall–Kier alpha value is -3.19. The number of carbonyl (C=O) groups excluding carboxylic acids is 2. The molecule has 0 aliphatic carbocycles. The highest BCUT2D eigenvalue weighted by molar-refractivity contribution is 5.95. The maximum Gasteiger partial charge on any atom is 0.314 e. The lowest BCUT2D eigenvalue weighted by Gasteiger charge is -2.25. The minimum absolute atomic E-state index is 0.201. The van der Waals surface area contributed by atoms with Crippen LogP contribution in [0, 0.1) is 11.3 Å². The van der Waals surface area contributed by atoms with Crippen LogP contribution in [0.1, 0.15) is 43.6 Å². The molecule has 4 N–H and O–H groups in total. The quantitative estimate of drug-likeness (QED) is 0.166. The number of benzene rings is 2. The third-order valence-corrected chi connectivity index (χ3v) is 4.67. The van der Waals surface area contributed by atoms with E-state index in [9.17, 15) is 9.59 Å². The van der Waals surface area contributed by atoms with Crippen LogP contribution in [0.5, 0.6) is 5.75 Å². The van der Waals surface area contributed by atoms with Gasteiger partial charge in [0.25, 0.3) is 5.91 Å². The van der Waals surface area contributed by atoms with Crippen LogP contribution in [0.2, 0.25) is 0 Å². The first kappa shape index (κ1) is 22.1. The molecule has 0 aliphatic heterocycles. The number of para-hydroxylation sites is 1. The fraction of sp³-hybridized carbons (Fsp3) is 0.318. The summed E-state index contributed by atoms with van der Waals surface area (Å²) in [7, 11) is 0. The van der Waals surface area contributed by atoms with Gasteiger partial charge in [-0.2, -0.15) is 0 Å². The molecular formula is C22H28N4O3. The van der Waals surface area contributed by atoms with Crippen molar-refractivity contribution in [1.29, 1.82) is 0 Å². The number of rotatable bonds is 7. The van der Waals surface area contributed by atoms with Crippen LogP contribution in [-0.4, -0.2) is 18.2 Å². The number of nitrogens with two attached hydrogens (primary N) is 1. The normalized spacial score (nSPS) is 12.4. The fourth-order valence-corrected chi connectivity index (χ4v) is 2.42. The summed E-state index contributed by atoms with van der Waals surface area (Å²) in [6, 6.07) is 14.0. The third kappa shape index (κ3) is 6.43. The number of ether oxygens (including phenoxy) is 1. The van der Waals surface area contributed by atoms with E-state index in [1.165, 1.54) is 6.34 Å². The molecule has 7 nitrogen and oxygen atoms in total. The molecule has 29 heavy (non-hydrogen) atoms. The molecular weight excluding hydrogens is 368 g/mol. The van der Waals surface area contributed by atoms with Crippen LogP contribution in [-0.2, 0) is 11.3 Å². The van der Waals surface area contributed by atoms with Gasteiger partial charge in [0.1, 0.15) is 12.1 Å². The molecule has 7 heteroatoms. The van der Waals surface area contributed by atoms with Crippen molar-refractivity contribution in [2.24, 2.45) is 22.2 Å². The second-order valence-corrected chi connectivity index (χ2v) is 7.77. The molecule has 0 heterocycles. The predicted octanol–water partition coefficient (Wildman–Crippen LogP) is 3.33. The van der Waals surface area contributed by atoms with Crippen LogP contribution >= 0.6 is 0 Å². The SMILES string of the molecule is CC(C(=O)Oc1ccccc1CNC(=O)c1cccc(N=CNN)c1)C(C)(C)C. The zero-order valence-electron chi connectivity index (χ0n) is 17.2. The molecule has 0 saturated carbocycles. The van der Waals surface area contributed by atoms with Crippen molar-refractivity contribution in [2.45, 2.75) is 34.2 Å². The number of nitrogens with one attached hydrogen (secondary N) is 2. The van der Waals surface area contributed by atoms with Gasteiger partial charge < -0.3 is 15.5 Å². The van der Waals surface area contributed by atoms with E-state index in [1.807, 2.05) is 39.8 Å². The summed E-state index contributed by atoms with van der Waals surface area (Å²) in [4.78, 5) is 29.0. The van der Waals surface area contributed by atoms with Crippen molar-refractivity contribution in [3.8, 4) is 5.75 Å². The van der Waals surface area contributed by atoms with Gasteiger partial charge in [-0.1, -0.05) is 52.0 Å². The van der Waals surface area contributed by atoms with Crippen molar-refractivity contribution >= 4 is 23.9 Å². The molecule has 1 unspecified atom stereocenters. The molecule has 0 fully saturated rings. The minimum atomic E-state index is -0.296. The Morgan fingerprint density at radius 3 is 2.59 bits per heavy atom. The van der Waals surface area contributed by atoms with Gasteiger partial charge in [-0.25, -0.2) is 10.8 Å². The Labute approximate surface area is 171 Å². The Kier molecular flexibility index (Phi) is 7.50. The van der Waals surface area contributed by atoms with Crippen molar-refractivity contribution < 1.29 is 14.3 Å². The predicted molar refractivity (Wildman–Crippen MR) is 114 cm³/mol. The lowest BCUT2D eigenvalue weighted by molar-refractivity contribution is -0.141. The average molecular weight is 396 g/mol. The molecule has 1 atom stereocenters. The third-order valence-electron chi connectivity index (χ3n) is 4.67. The van der Waals surface area contributed by atoms with Crippen LogP contribution in [0.25, 0.3) is 0 Å². The summed E-state index contributed by atoms with van der Waals surface area (Å²) < 4.78 is 5.61. The summed E-state index contributed by atoms with van der Waals surface area (Å²) >= 11 is 0. The van der Waals surface area contributed by atoms with Gasteiger partial charge in [0.15, 0.2) is 0 Å². The molecule has 2 aromatic carbocycles. The van der Waals surface area contributed by atoms with E-state index in [0.717, 1.165) is 5.56 Å². The van der Waals surface area contributed by atoms with Crippen LogP contribution in [0.3, 0.4) is 0 Å². The summed E-state index contributed by atoms with van der Waals surface area (Å²) in [5, 5.41) is 2.85. The van der Waals surface area contributed by atoms with Crippen molar-refractivity contribution in [3.05, 3.63) is 59.7 Å². The topological polar surface area (TPSA) is 106 Å². The van der Waals surface area contributed by atoms with Crippen molar-refractivity contribution in [3.63, 3.8) is 0 Å². The number of hydrogen-bond donors (Lipinski definition) is 3. The first-order valence-electron chi connectivity index (χ1n) is 9.39. The van der Waals surface area contributed by atoms with E-state index in [-0.39, 0.29) is 29.8 Å². The molecule has 1 amide bonds. The van der Waals surface area contributed by atoms with Gasteiger partial charge >= 0.3 is 5.97 Å². The zero-order valence-corrected chi connectivity index (χ0v) is 17.2. The van der Waals surface area contributed by atoms with E-state index in [0.29, 0.717) is 17.0 Å². The van der Waals surface area contributed by atoms with Crippen molar-refractivity contribution in [1.82, 2.24) is 10.7 Å². The first-order valence-corrected chi connectivity index (χ1v) is 9.39. The molecule has 0 saturated heterocycles. The van der Waals surface area contributed by atoms with Gasteiger partial charge in [0, 0.05) is 17.7 Å². The second-order valence-electron chi connectivity index (χ2n) is 7.77. The second kappa shape index (κ2) is 9.84. The van der Waals surface area contributed by atoms with E-state index in [2.05, 4.69) is 15.7 Å². The van der Waals surface area contributed by atoms with Crippen LogP contribution in [0.15, 0.2) is 53.5 Å². The molecule has 2 rings (SSSR count). The summed E-state index contributed by atoms with van der Waals surface area (Å²) in [5.41, 5.74) is 3.90. The molecule has 0 bridgehead atoms. The van der Waals surface area contributed by atoms with Gasteiger partial charge in [-0.15, -0.1) is 0 Å². The van der Waals surface area contributed by atoms with E-state index < -0.39 is 0 Å². The Morgan fingerprint density at radius 2 is 1.90 bits per heavy atom. The summed E-state index contributed by atoms with van der Waals surface area (Å²) in [6.07, 6.45) is 1.33. The monoisotopic (exact) mass is 396 g/mol. The number of hydrogen-bond acceptors (Lipinski definition) is 5. The number of nitrogens with zero attached hydrogens (tertiary/aromatic N) is 1. The molecule has 0 aliphatic rings. The standard InChI is InChI=1S/C22H28N4O3/c1-15(22(2,3)4)21(28)29-19-11-6-5-8-17(19)13-24-20(27)16-9-7-10-18(12-16)25-14-26-23/h5-12,14-15H,13,23H2,1-4H3,(H,24,27)(H,25,26). The van der Waals surface area contributed by atoms with Gasteiger partial charge in [-0.05, 0) is 29.7 Å². The first-order chi connectivity index (χ1) is 13.7. The van der Waals surface area contributed by atoms with Crippen LogP contribution < -0.4 is 21.3 Å². The van der Waals surface area contributed by atoms with Gasteiger partial charge in [-0.3, -0.25) is 9.59 Å². The average Bonchev–Trinajstić information content (AvgIpc) is 2.70. The maximum atomic E-state index is 12.5. The van der Waals surface area contributed by atoms with Crippen molar-refractivity contribution in [2.75, 3.05) is 0 Å². The smallest absolute Gasteiger partial charge is 0.314 e. The van der Waals surface area contributed by atoms with Crippen LogP contribution in [0.4, 0.5) is 5.69 Å². The molecule has 2 aromatic rings. The summed E-state index contributed by atoms with van der Waals surface area (Å²) in [5.74, 6) is 4.79. The lowest BCUT2D eigenvalue weighted by atomic mass is 9.82. The van der Waals surface area contributed by atoms with E-state index in [1.54, 1.807) is 36.4 Å².